The molecule has 0 saturated heterocycles. The van der Waals surface area contributed by atoms with Crippen molar-refractivity contribution in [2.45, 2.75) is 52.8 Å². The molecule has 42 heavy (non-hydrogen) atoms. The summed E-state index contributed by atoms with van der Waals surface area (Å²) in [5.41, 5.74) is 0.401. The SMILES string of the molecule is CN(C)C(=O)/C=C/CC[C@H](OC(=O)N(C)C)C(=O)Nc1cncn(Cc2nc3cc(F)ccc3n2CC(C)(C)C)c1=O.[HH]. The molecule has 12 nitrogen and oxygen atoms in total. The zero-order chi connectivity index (χ0) is 31.2. The highest BCUT2D eigenvalue weighted by atomic mass is 19.1. The molecule has 2 aromatic heterocycles. The number of amides is 3. The molecule has 0 aliphatic heterocycles. The minimum Gasteiger partial charge on any atom is -0.436 e. The number of allylic oxidation sites excluding steroid dienone is 1. The molecular formula is C29H40FN7O5. The first-order chi connectivity index (χ1) is 19.7. The van der Waals surface area contributed by atoms with Gasteiger partial charge in [0.15, 0.2) is 6.10 Å². The first kappa shape index (κ1) is 32.0. The van der Waals surface area contributed by atoms with E-state index in [0.29, 0.717) is 17.9 Å². The van der Waals surface area contributed by atoms with Crippen molar-refractivity contribution in [2.24, 2.45) is 5.41 Å². The van der Waals surface area contributed by atoms with Crippen molar-refractivity contribution in [1.82, 2.24) is 28.9 Å². The van der Waals surface area contributed by atoms with Crippen molar-refractivity contribution in [3.63, 3.8) is 0 Å². The minimum absolute atomic E-state index is 0. The Labute approximate surface area is 245 Å². The molecule has 1 atom stereocenters. The van der Waals surface area contributed by atoms with Gasteiger partial charge in [0, 0.05) is 42.2 Å². The number of aromatic nitrogens is 4. The van der Waals surface area contributed by atoms with Gasteiger partial charge in [0.05, 0.1) is 30.1 Å². The number of likely N-dealkylation sites (N-methyl/N-ethyl adjacent to an activating group) is 1. The summed E-state index contributed by atoms with van der Waals surface area (Å²) in [7, 11) is 6.19. The summed E-state index contributed by atoms with van der Waals surface area (Å²) in [6, 6.07) is 4.37. The summed E-state index contributed by atoms with van der Waals surface area (Å²) < 4.78 is 22.5. The van der Waals surface area contributed by atoms with E-state index in [-0.39, 0.29) is 37.8 Å². The highest BCUT2D eigenvalue weighted by Crippen LogP contribution is 2.24. The molecule has 3 amide bonds. The van der Waals surface area contributed by atoms with Crippen molar-refractivity contribution >= 4 is 34.6 Å². The van der Waals surface area contributed by atoms with Crippen LogP contribution in [0.25, 0.3) is 11.0 Å². The topological polar surface area (TPSA) is 132 Å². The summed E-state index contributed by atoms with van der Waals surface area (Å²) in [4.78, 5) is 61.8. The summed E-state index contributed by atoms with van der Waals surface area (Å²) in [5, 5.41) is 2.53. The normalized spacial score (nSPS) is 12.4. The van der Waals surface area contributed by atoms with Crippen LogP contribution >= 0.6 is 0 Å². The van der Waals surface area contributed by atoms with Crippen LogP contribution in [0.4, 0.5) is 14.9 Å². The van der Waals surface area contributed by atoms with Crippen LogP contribution in [0.2, 0.25) is 0 Å². The van der Waals surface area contributed by atoms with Crippen LogP contribution in [-0.2, 0) is 27.4 Å². The molecule has 1 N–H and O–H groups in total. The fourth-order valence-electron chi connectivity index (χ4n) is 3.99. The summed E-state index contributed by atoms with van der Waals surface area (Å²) in [6.07, 6.45) is 3.85. The largest absolute Gasteiger partial charge is 0.436 e. The van der Waals surface area contributed by atoms with E-state index in [9.17, 15) is 23.6 Å². The predicted molar refractivity (Wildman–Crippen MR) is 159 cm³/mol. The zero-order valence-corrected chi connectivity index (χ0v) is 25.0. The predicted octanol–water partition coefficient (Wildman–Crippen LogP) is 3.50. The molecule has 0 radical (unpaired) electrons. The molecule has 0 saturated carbocycles. The van der Waals surface area contributed by atoms with Gasteiger partial charge < -0.3 is 24.4 Å². The lowest BCUT2D eigenvalue weighted by Crippen LogP contribution is -2.38. The molecule has 0 aliphatic carbocycles. The fraction of sp³-hybridized carbons (Fsp3) is 0.448. The second-order valence-corrected chi connectivity index (χ2v) is 11.5. The average molecular weight is 586 g/mol. The molecule has 0 unspecified atom stereocenters. The van der Waals surface area contributed by atoms with Crippen LogP contribution < -0.4 is 10.9 Å². The van der Waals surface area contributed by atoms with E-state index in [0.717, 1.165) is 5.52 Å². The maximum absolute atomic E-state index is 13.9. The van der Waals surface area contributed by atoms with Gasteiger partial charge in [-0.05, 0) is 36.5 Å². The molecule has 0 bridgehead atoms. The Balaban J connectivity index is 0.00000645. The number of ether oxygens (including phenoxy) is 1. The fourth-order valence-corrected chi connectivity index (χ4v) is 3.99. The smallest absolute Gasteiger partial charge is 0.410 e. The Hall–Kier alpha value is -4.55. The van der Waals surface area contributed by atoms with Gasteiger partial charge in [0.2, 0.25) is 5.91 Å². The lowest BCUT2D eigenvalue weighted by atomic mass is 9.96. The number of nitrogens with one attached hydrogen (secondary N) is 1. The summed E-state index contributed by atoms with van der Waals surface area (Å²) >= 11 is 0. The van der Waals surface area contributed by atoms with E-state index in [4.69, 9.17) is 4.74 Å². The molecule has 2 heterocycles. The molecule has 13 heteroatoms. The van der Waals surface area contributed by atoms with Crippen molar-refractivity contribution in [2.75, 3.05) is 33.5 Å². The Kier molecular flexibility index (Phi) is 10.2. The maximum atomic E-state index is 13.9. The van der Waals surface area contributed by atoms with E-state index < -0.39 is 29.5 Å². The molecule has 1 aromatic carbocycles. The number of hydrogen-bond donors (Lipinski definition) is 1. The lowest BCUT2D eigenvalue weighted by Gasteiger charge is -2.21. The van der Waals surface area contributed by atoms with E-state index in [2.05, 4.69) is 36.1 Å². The third-order valence-corrected chi connectivity index (χ3v) is 6.09. The van der Waals surface area contributed by atoms with Crippen molar-refractivity contribution in [3.05, 3.63) is 64.9 Å². The van der Waals surface area contributed by atoms with Crippen molar-refractivity contribution in [1.29, 1.82) is 0 Å². The Morgan fingerprint density at radius 3 is 2.52 bits per heavy atom. The Morgan fingerprint density at radius 2 is 1.88 bits per heavy atom. The van der Waals surface area contributed by atoms with Gasteiger partial charge in [-0.1, -0.05) is 26.8 Å². The first-order valence-electron chi connectivity index (χ1n) is 13.4. The number of hydrogen-bond acceptors (Lipinski definition) is 7. The van der Waals surface area contributed by atoms with Crippen LogP contribution in [0.3, 0.4) is 0 Å². The summed E-state index contributed by atoms with van der Waals surface area (Å²) in [5.74, 6) is -0.833. The van der Waals surface area contributed by atoms with E-state index in [1.807, 2.05) is 4.57 Å². The van der Waals surface area contributed by atoms with Crippen LogP contribution in [0.15, 0.2) is 47.7 Å². The quantitative estimate of drug-likeness (QED) is 0.360. The highest BCUT2D eigenvalue weighted by molar-refractivity contribution is 5.95. The Bertz CT molecular complexity index is 1540. The first-order valence-corrected chi connectivity index (χ1v) is 13.4. The van der Waals surface area contributed by atoms with Crippen LogP contribution in [0, 0.1) is 11.2 Å². The number of imidazole rings is 1. The molecule has 3 rings (SSSR count). The van der Waals surface area contributed by atoms with Gasteiger partial charge in [0.25, 0.3) is 11.5 Å². The number of halogens is 1. The van der Waals surface area contributed by atoms with E-state index >= 15 is 0 Å². The van der Waals surface area contributed by atoms with Gasteiger partial charge in [-0.15, -0.1) is 0 Å². The van der Waals surface area contributed by atoms with Gasteiger partial charge >= 0.3 is 6.09 Å². The minimum atomic E-state index is -1.24. The third kappa shape index (κ3) is 8.48. The molecule has 0 spiro atoms. The summed E-state index contributed by atoms with van der Waals surface area (Å²) in [6.45, 7) is 6.77. The number of anilines is 1. The lowest BCUT2D eigenvalue weighted by molar-refractivity contribution is -0.125. The second-order valence-electron chi connectivity index (χ2n) is 11.5. The highest BCUT2D eigenvalue weighted by Gasteiger charge is 2.25. The van der Waals surface area contributed by atoms with Crippen LogP contribution in [-0.4, -0.2) is 81.1 Å². The van der Waals surface area contributed by atoms with E-state index in [1.54, 1.807) is 26.2 Å². The molecule has 228 valence electrons. The Morgan fingerprint density at radius 1 is 1.17 bits per heavy atom. The zero-order valence-electron chi connectivity index (χ0n) is 25.0. The van der Waals surface area contributed by atoms with Gasteiger partial charge in [-0.2, -0.15) is 0 Å². The number of fused-ring (bicyclic) bond motifs is 1. The van der Waals surface area contributed by atoms with Crippen molar-refractivity contribution in [3.8, 4) is 0 Å². The van der Waals surface area contributed by atoms with Crippen molar-refractivity contribution < 1.29 is 24.9 Å². The van der Waals surface area contributed by atoms with Gasteiger partial charge in [-0.25, -0.2) is 19.2 Å². The van der Waals surface area contributed by atoms with Crippen LogP contribution in [0.5, 0.6) is 0 Å². The number of nitrogens with zero attached hydrogens (tertiary/aromatic N) is 6. The number of carbonyl (C=O) groups excluding carboxylic acids is 3. The monoisotopic (exact) mass is 585 g/mol. The second kappa shape index (κ2) is 13.4. The molecule has 0 fully saturated rings. The third-order valence-electron chi connectivity index (χ3n) is 6.09. The number of carbonyl (C=O) groups is 3. The average Bonchev–Trinajstić information content (AvgIpc) is 3.21. The van der Waals surface area contributed by atoms with Gasteiger partial charge in [0.1, 0.15) is 17.3 Å². The van der Waals surface area contributed by atoms with Crippen LogP contribution in [0.1, 0.15) is 40.9 Å². The number of rotatable bonds is 10. The molecular weight excluding hydrogens is 545 g/mol. The molecule has 3 aromatic rings. The molecule has 0 aliphatic rings. The van der Waals surface area contributed by atoms with E-state index in [1.165, 1.54) is 59.2 Å². The van der Waals surface area contributed by atoms with Gasteiger partial charge in [-0.3, -0.25) is 19.0 Å². The standard InChI is InChI=1S/C29H38FN7O5.H2/c1-29(2,3)17-37-22-13-12-19(30)14-20(22)32-24(37)16-36-18-31-15-21(27(36)40)33-26(39)23(42-28(41)35(6)7)10-8-9-11-25(38)34(4)5;/h9,11-15,18,23H,8,10,16-17H2,1-7H3,(H,33,39);1H/b11-9+;/t23-;/m0./s1. The maximum Gasteiger partial charge on any atom is 0.410 e. The number of benzene rings is 1.